The van der Waals surface area contributed by atoms with E-state index < -0.39 is 18.0 Å². The van der Waals surface area contributed by atoms with E-state index in [9.17, 15) is 19.5 Å². The van der Waals surface area contributed by atoms with Crippen LogP contribution in [-0.2, 0) is 11.2 Å². The Morgan fingerprint density at radius 2 is 1.58 bits per heavy atom. The van der Waals surface area contributed by atoms with Crippen LogP contribution in [0.5, 0.6) is 0 Å². The van der Waals surface area contributed by atoms with Crippen molar-refractivity contribution in [1.82, 2.24) is 20.1 Å². The molecule has 8 nitrogen and oxygen atoms in total. The molecule has 4 rings (SSSR count). The monoisotopic (exact) mass is 420 g/mol. The van der Waals surface area contributed by atoms with Gasteiger partial charge in [0.2, 0.25) is 0 Å². The molecule has 1 saturated heterocycles. The quantitative estimate of drug-likeness (QED) is 0.589. The lowest BCUT2D eigenvalue weighted by molar-refractivity contribution is -0.139. The normalized spacial score (nSPS) is 15.0. The second kappa shape index (κ2) is 8.91. The number of carboxylic acids is 1. The molecular formula is C23H24N4O4. The van der Waals surface area contributed by atoms with Gasteiger partial charge in [-0.05, 0) is 11.6 Å². The minimum atomic E-state index is -1.08. The number of carbonyl (C=O) groups is 3. The van der Waals surface area contributed by atoms with Crippen molar-refractivity contribution in [3.8, 4) is 0 Å². The molecule has 3 amide bonds. The summed E-state index contributed by atoms with van der Waals surface area (Å²) < 4.78 is 0. The topological polar surface area (TPSA) is 106 Å². The molecule has 0 unspecified atom stereocenters. The van der Waals surface area contributed by atoms with Gasteiger partial charge in [0, 0.05) is 49.7 Å². The number of rotatable bonds is 5. The average molecular weight is 420 g/mol. The Hall–Kier alpha value is -3.81. The molecule has 1 fully saturated rings. The maximum absolute atomic E-state index is 12.9. The van der Waals surface area contributed by atoms with Crippen LogP contribution in [0.4, 0.5) is 4.79 Å². The highest BCUT2D eigenvalue weighted by Gasteiger charge is 2.28. The Bertz CT molecular complexity index is 1090. The molecular weight excluding hydrogens is 396 g/mol. The number of aromatic amines is 1. The third-order valence-electron chi connectivity index (χ3n) is 5.55. The summed E-state index contributed by atoms with van der Waals surface area (Å²) in [4.78, 5) is 43.6. The van der Waals surface area contributed by atoms with Gasteiger partial charge < -0.3 is 25.2 Å². The van der Waals surface area contributed by atoms with E-state index in [0.717, 1.165) is 16.5 Å². The lowest BCUT2D eigenvalue weighted by atomic mass is 10.1. The van der Waals surface area contributed by atoms with Crippen LogP contribution in [0.3, 0.4) is 0 Å². The van der Waals surface area contributed by atoms with Gasteiger partial charge in [0.1, 0.15) is 6.04 Å². The molecule has 1 aliphatic rings. The lowest BCUT2D eigenvalue weighted by Gasteiger charge is -2.35. The maximum atomic E-state index is 12.9. The largest absolute Gasteiger partial charge is 0.480 e. The van der Waals surface area contributed by atoms with Crippen LogP contribution >= 0.6 is 0 Å². The Kier molecular flexibility index (Phi) is 5.88. The summed E-state index contributed by atoms with van der Waals surface area (Å²) in [6.45, 7) is 1.47. The van der Waals surface area contributed by atoms with E-state index in [1.807, 2.05) is 54.6 Å². The van der Waals surface area contributed by atoms with Crippen LogP contribution in [0.1, 0.15) is 15.9 Å². The summed E-state index contributed by atoms with van der Waals surface area (Å²) in [6.07, 6.45) is 1.92. The molecule has 3 aromatic rings. The molecule has 8 heteroatoms. The summed E-state index contributed by atoms with van der Waals surface area (Å²) in [5, 5.41) is 13.0. The number of hydrogen-bond acceptors (Lipinski definition) is 3. The molecule has 31 heavy (non-hydrogen) atoms. The van der Waals surface area contributed by atoms with Crippen molar-refractivity contribution in [2.45, 2.75) is 12.5 Å². The predicted molar refractivity (Wildman–Crippen MR) is 116 cm³/mol. The number of carboxylic acid groups (broad SMARTS) is 1. The highest BCUT2D eigenvalue weighted by molar-refractivity contribution is 6.06. The fourth-order valence-electron chi connectivity index (χ4n) is 3.82. The molecule has 1 atom stereocenters. The fourth-order valence-corrected chi connectivity index (χ4v) is 3.82. The first-order chi connectivity index (χ1) is 15.0. The first-order valence-corrected chi connectivity index (χ1v) is 10.2. The fraction of sp³-hybridized carbons (Fsp3) is 0.261. The maximum Gasteiger partial charge on any atom is 0.326 e. The number of carbonyl (C=O) groups excluding carboxylic acids is 2. The highest BCUT2D eigenvalue weighted by atomic mass is 16.4. The van der Waals surface area contributed by atoms with Crippen molar-refractivity contribution in [2.24, 2.45) is 0 Å². The van der Waals surface area contributed by atoms with Crippen LogP contribution < -0.4 is 5.32 Å². The lowest BCUT2D eigenvalue weighted by Crippen LogP contribution is -2.55. The molecule has 1 aromatic heterocycles. The van der Waals surface area contributed by atoms with Gasteiger partial charge in [0.05, 0.1) is 5.56 Å². The summed E-state index contributed by atoms with van der Waals surface area (Å²) in [6, 6.07) is 15.4. The van der Waals surface area contributed by atoms with Gasteiger partial charge in [-0.15, -0.1) is 0 Å². The van der Waals surface area contributed by atoms with Gasteiger partial charge in [-0.1, -0.05) is 48.5 Å². The molecule has 0 saturated carbocycles. The molecule has 0 spiro atoms. The molecule has 0 aliphatic carbocycles. The number of nitrogens with zero attached hydrogens (tertiary/aromatic N) is 2. The number of nitrogens with one attached hydrogen (secondary N) is 2. The van der Waals surface area contributed by atoms with Gasteiger partial charge in [-0.2, -0.15) is 0 Å². The smallest absolute Gasteiger partial charge is 0.326 e. The van der Waals surface area contributed by atoms with E-state index in [0.29, 0.717) is 31.7 Å². The van der Waals surface area contributed by atoms with Gasteiger partial charge in [-0.25, -0.2) is 9.59 Å². The molecule has 2 heterocycles. The molecule has 2 aromatic carbocycles. The summed E-state index contributed by atoms with van der Waals surface area (Å²) in [5.74, 6) is -1.16. The van der Waals surface area contributed by atoms with Crippen LogP contribution in [0.2, 0.25) is 0 Å². The Morgan fingerprint density at radius 3 is 2.29 bits per heavy atom. The number of piperazine rings is 1. The Labute approximate surface area is 179 Å². The molecule has 1 aliphatic heterocycles. The first kappa shape index (κ1) is 20.5. The van der Waals surface area contributed by atoms with Crippen molar-refractivity contribution in [1.29, 1.82) is 0 Å². The average Bonchev–Trinajstić information content (AvgIpc) is 3.23. The van der Waals surface area contributed by atoms with Gasteiger partial charge in [0.15, 0.2) is 0 Å². The van der Waals surface area contributed by atoms with Crippen LogP contribution in [0.25, 0.3) is 10.9 Å². The third-order valence-corrected chi connectivity index (χ3v) is 5.55. The van der Waals surface area contributed by atoms with E-state index in [4.69, 9.17) is 0 Å². The van der Waals surface area contributed by atoms with E-state index in [1.165, 1.54) is 0 Å². The summed E-state index contributed by atoms with van der Waals surface area (Å²) in [5.41, 5.74) is 2.36. The van der Waals surface area contributed by atoms with E-state index >= 15 is 0 Å². The summed E-state index contributed by atoms with van der Waals surface area (Å²) in [7, 11) is 0. The zero-order valence-electron chi connectivity index (χ0n) is 17.0. The number of benzene rings is 2. The number of hydrogen-bond donors (Lipinski definition) is 3. The van der Waals surface area contributed by atoms with Gasteiger partial charge >= 0.3 is 12.0 Å². The van der Waals surface area contributed by atoms with Crippen LogP contribution in [-0.4, -0.2) is 70.0 Å². The number of H-pyrrole nitrogens is 1. The third kappa shape index (κ3) is 4.53. The zero-order chi connectivity index (χ0) is 21.8. The van der Waals surface area contributed by atoms with Crippen molar-refractivity contribution in [3.05, 3.63) is 71.9 Å². The summed E-state index contributed by atoms with van der Waals surface area (Å²) >= 11 is 0. The number of aromatic nitrogens is 1. The number of fused-ring (bicyclic) bond motifs is 1. The van der Waals surface area contributed by atoms with Gasteiger partial charge in [0.25, 0.3) is 5.91 Å². The standard InChI is InChI=1S/C23H24N4O4/c28-21(18-15-24-19-9-5-4-8-17(18)19)26-10-12-27(13-11-26)23(31)25-20(22(29)30)14-16-6-2-1-3-7-16/h1-9,15,20,24H,10-14H2,(H,25,31)(H,29,30)/t20-/m1/s1. The van der Waals surface area contributed by atoms with Crippen molar-refractivity contribution < 1.29 is 19.5 Å². The van der Waals surface area contributed by atoms with E-state index in [2.05, 4.69) is 10.3 Å². The number of urea groups is 1. The van der Waals surface area contributed by atoms with E-state index in [1.54, 1.807) is 16.0 Å². The molecule has 0 radical (unpaired) electrons. The number of aliphatic carboxylic acids is 1. The van der Waals surface area contributed by atoms with Crippen molar-refractivity contribution >= 4 is 28.8 Å². The highest BCUT2D eigenvalue weighted by Crippen LogP contribution is 2.20. The first-order valence-electron chi connectivity index (χ1n) is 10.2. The molecule has 0 bridgehead atoms. The number of amides is 3. The minimum absolute atomic E-state index is 0.0787. The predicted octanol–water partition coefficient (Wildman–Crippen LogP) is 2.33. The Morgan fingerprint density at radius 1 is 0.935 bits per heavy atom. The minimum Gasteiger partial charge on any atom is -0.480 e. The zero-order valence-corrected chi connectivity index (χ0v) is 17.0. The van der Waals surface area contributed by atoms with Gasteiger partial charge in [-0.3, -0.25) is 4.79 Å². The second-order valence-corrected chi connectivity index (χ2v) is 7.56. The second-order valence-electron chi connectivity index (χ2n) is 7.56. The molecule has 160 valence electrons. The van der Waals surface area contributed by atoms with Crippen molar-refractivity contribution in [2.75, 3.05) is 26.2 Å². The van der Waals surface area contributed by atoms with Crippen LogP contribution in [0, 0.1) is 0 Å². The van der Waals surface area contributed by atoms with E-state index in [-0.39, 0.29) is 12.3 Å². The Balaban J connectivity index is 1.35. The molecule has 3 N–H and O–H groups in total. The SMILES string of the molecule is O=C(O)[C@@H](Cc1ccccc1)NC(=O)N1CCN(C(=O)c2c[nH]c3ccccc23)CC1. The number of para-hydroxylation sites is 1. The van der Waals surface area contributed by atoms with Crippen LogP contribution in [0.15, 0.2) is 60.8 Å². The van der Waals surface area contributed by atoms with Crippen molar-refractivity contribution in [3.63, 3.8) is 0 Å².